The molecule has 0 radical (unpaired) electrons. The molecule has 0 spiro atoms. The topological polar surface area (TPSA) is 61.4 Å². The molecule has 0 bridgehead atoms. The van der Waals surface area contributed by atoms with E-state index in [1.807, 2.05) is 66.4 Å². The normalized spacial score (nSPS) is 13.1. The molecule has 5 heteroatoms. The van der Waals surface area contributed by atoms with Crippen LogP contribution in [0.2, 0.25) is 0 Å². The quantitative estimate of drug-likeness (QED) is 0.769. The van der Waals surface area contributed by atoms with Crippen LogP contribution in [0.25, 0.3) is 0 Å². The molecular formula is C21H25N3O2. The molecule has 136 valence electrons. The number of carbonyl (C=O) groups is 2. The van der Waals surface area contributed by atoms with Gasteiger partial charge in [0.2, 0.25) is 5.91 Å². The van der Waals surface area contributed by atoms with Crippen molar-refractivity contribution in [1.29, 1.82) is 0 Å². The number of amides is 2. The van der Waals surface area contributed by atoms with E-state index < -0.39 is 0 Å². The van der Waals surface area contributed by atoms with Crippen molar-refractivity contribution in [3.63, 3.8) is 0 Å². The second-order valence-electron chi connectivity index (χ2n) is 6.57. The molecular weight excluding hydrogens is 326 g/mol. The zero-order valence-corrected chi connectivity index (χ0v) is 15.1. The van der Waals surface area contributed by atoms with Gasteiger partial charge in [0.15, 0.2) is 0 Å². The van der Waals surface area contributed by atoms with Gasteiger partial charge in [-0.3, -0.25) is 9.59 Å². The van der Waals surface area contributed by atoms with Crippen LogP contribution in [0.15, 0.2) is 54.6 Å². The molecule has 0 unspecified atom stereocenters. The van der Waals surface area contributed by atoms with E-state index in [4.69, 9.17) is 0 Å². The number of hydrogen-bond acceptors (Lipinski definition) is 3. The summed E-state index contributed by atoms with van der Waals surface area (Å²) in [6, 6.07) is 17.6. The van der Waals surface area contributed by atoms with Gasteiger partial charge in [0.05, 0.1) is 6.54 Å². The first-order chi connectivity index (χ1) is 12.7. The van der Waals surface area contributed by atoms with E-state index in [-0.39, 0.29) is 11.8 Å². The minimum absolute atomic E-state index is 0.0220. The van der Waals surface area contributed by atoms with E-state index in [9.17, 15) is 9.59 Å². The number of rotatable bonds is 8. The van der Waals surface area contributed by atoms with Crippen molar-refractivity contribution in [3.05, 3.63) is 65.7 Å². The van der Waals surface area contributed by atoms with E-state index in [1.54, 1.807) is 0 Å². The highest BCUT2D eigenvalue weighted by atomic mass is 16.2. The predicted molar refractivity (Wildman–Crippen MR) is 103 cm³/mol. The molecule has 0 saturated heterocycles. The van der Waals surface area contributed by atoms with Crippen molar-refractivity contribution >= 4 is 17.5 Å². The largest absolute Gasteiger partial charge is 0.363 e. The number of carbonyl (C=O) groups excluding carboxylic acids is 2. The van der Waals surface area contributed by atoms with Crippen molar-refractivity contribution < 1.29 is 9.59 Å². The van der Waals surface area contributed by atoms with Crippen LogP contribution in [0.4, 0.5) is 5.69 Å². The van der Waals surface area contributed by atoms with Gasteiger partial charge in [0.1, 0.15) is 0 Å². The van der Waals surface area contributed by atoms with Gasteiger partial charge in [-0.25, -0.2) is 0 Å². The van der Waals surface area contributed by atoms with Crippen molar-refractivity contribution in [3.8, 4) is 0 Å². The fourth-order valence-corrected chi connectivity index (χ4v) is 2.72. The lowest BCUT2D eigenvalue weighted by Crippen LogP contribution is -2.36. The molecule has 2 amide bonds. The Morgan fingerprint density at radius 3 is 2.35 bits per heavy atom. The van der Waals surface area contributed by atoms with Crippen LogP contribution in [-0.2, 0) is 11.3 Å². The van der Waals surface area contributed by atoms with E-state index in [0.29, 0.717) is 24.7 Å². The van der Waals surface area contributed by atoms with Crippen LogP contribution in [0.3, 0.4) is 0 Å². The minimum atomic E-state index is -0.0236. The summed E-state index contributed by atoms with van der Waals surface area (Å²) in [4.78, 5) is 26.2. The summed E-state index contributed by atoms with van der Waals surface area (Å²) < 4.78 is 0. The van der Waals surface area contributed by atoms with Crippen LogP contribution in [0, 0.1) is 0 Å². The highest BCUT2D eigenvalue weighted by molar-refractivity contribution is 5.94. The first-order valence-corrected chi connectivity index (χ1v) is 9.12. The maximum atomic E-state index is 12.2. The van der Waals surface area contributed by atoms with Crippen LogP contribution in [0.5, 0.6) is 0 Å². The van der Waals surface area contributed by atoms with E-state index >= 15 is 0 Å². The van der Waals surface area contributed by atoms with Crippen molar-refractivity contribution in [2.75, 3.05) is 18.0 Å². The SMILES string of the molecule is CCN(CC(=O)NCc1ccc(C(=O)NC2CC2)cc1)c1ccccc1. The van der Waals surface area contributed by atoms with Gasteiger partial charge in [0, 0.05) is 30.4 Å². The van der Waals surface area contributed by atoms with Crippen LogP contribution in [-0.4, -0.2) is 30.9 Å². The van der Waals surface area contributed by atoms with Crippen molar-refractivity contribution in [2.45, 2.75) is 32.4 Å². The molecule has 2 N–H and O–H groups in total. The third-order valence-electron chi connectivity index (χ3n) is 4.46. The third-order valence-corrected chi connectivity index (χ3v) is 4.46. The zero-order valence-electron chi connectivity index (χ0n) is 15.1. The number of likely N-dealkylation sites (N-methyl/N-ethyl adjacent to an activating group) is 1. The van der Waals surface area contributed by atoms with Crippen LogP contribution < -0.4 is 15.5 Å². The summed E-state index contributed by atoms with van der Waals surface area (Å²) in [6.45, 7) is 3.58. The molecule has 3 rings (SSSR count). The molecule has 2 aromatic carbocycles. The van der Waals surface area contributed by atoms with Gasteiger partial charge in [-0.15, -0.1) is 0 Å². The molecule has 1 fully saturated rings. The molecule has 0 atom stereocenters. The minimum Gasteiger partial charge on any atom is -0.363 e. The molecule has 5 nitrogen and oxygen atoms in total. The van der Waals surface area contributed by atoms with Crippen LogP contribution >= 0.6 is 0 Å². The molecule has 26 heavy (non-hydrogen) atoms. The van der Waals surface area contributed by atoms with Gasteiger partial charge in [-0.1, -0.05) is 30.3 Å². The molecule has 1 aliphatic carbocycles. The Morgan fingerprint density at radius 1 is 1.04 bits per heavy atom. The Morgan fingerprint density at radius 2 is 1.73 bits per heavy atom. The lowest BCUT2D eigenvalue weighted by Gasteiger charge is -2.22. The van der Waals surface area contributed by atoms with E-state index in [2.05, 4.69) is 10.6 Å². The van der Waals surface area contributed by atoms with Crippen molar-refractivity contribution in [1.82, 2.24) is 10.6 Å². The molecule has 0 aliphatic heterocycles. The van der Waals surface area contributed by atoms with Gasteiger partial charge < -0.3 is 15.5 Å². The van der Waals surface area contributed by atoms with E-state index in [0.717, 1.165) is 30.6 Å². The second kappa shape index (κ2) is 8.52. The lowest BCUT2D eigenvalue weighted by molar-refractivity contribution is -0.119. The summed E-state index contributed by atoms with van der Waals surface area (Å²) in [5, 5.41) is 5.91. The first kappa shape index (κ1) is 18.0. The second-order valence-corrected chi connectivity index (χ2v) is 6.57. The monoisotopic (exact) mass is 351 g/mol. The number of anilines is 1. The molecule has 0 aromatic heterocycles. The Balaban J connectivity index is 1.48. The summed E-state index contributed by atoms with van der Waals surface area (Å²) in [7, 11) is 0. The van der Waals surface area contributed by atoms with Gasteiger partial charge >= 0.3 is 0 Å². The zero-order chi connectivity index (χ0) is 18.4. The number of nitrogens with zero attached hydrogens (tertiary/aromatic N) is 1. The Labute approximate surface area is 154 Å². The maximum Gasteiger partial charge on any atom is 0.251 e. The van der Waals surface area contributed by atoms with Crippen LogP contribution in [0.1, 0.15) is 35.7 Å². The Kier molecular flexibility index (Phi) is 5.89. The molecule has 1 aliphatic rings. The number of para-hydroxylation sites is 1. The molecule has 2 aromatic rings. The smallest absolute Gasteiger partial charge is 0.251 e. The van der Waals surface area contributed by atoms with Gasteiger partial charge in [-0.2, -0.15) is 0 Å². The summed E-state index contributed by atoms with van der Waals surface area (Å²) >= 11 is 0. The number of benzene rings is 2. The molecule has 0 heterocycles. The maximum absolute atomic E-state index is 12.2. The number of nitrogens with one attached hydrogen (secondary N) is 2. The fourth-order valence-electron chi connectivity index (χ4n) is 2.72. The fraction of sp³-hybridized carbons (Fsp3) is 0.333. The van der Waals surface area contributed by atoms with E-state index in [1.165, 1.54) is 0 Å². The average molecular weight is 351 g/mol. The highest BCUT2D eigenvalue weighted by Crippen LogP contribution is 2.19. The Hall–Kier alpha value is -2.82. The van der Waals surface area contributed by atoms with Crippen molar-refractivity contribution in [2.24, 2.45) is 0 Å². The summed E-state index contributed by atoms with van der Waals surface area (Å²) in [5.74, 6) is -0.0456. The first-order valence-electron chi connectivity index (χ1n) is 9.12. The molecule has 1 saturated carbocycles. The standard InChI is InChI=1S/C21H25N3O2/c1-2-24(19-6-4-3-5-7-19)15-20(25)22-14-16-8-10-17(11-9-16)21(26)23-18-12-13-18/h3-11,18H,2,12-15H2,1H3,(H,22,25)(H,23,26). The highest BCUT2D eigenvalue weighted by Gasteiger charge is 2.23. The Bertz CT molecular complexity index is 740. The number of hydrogen-bond donors (Lipinski definition) is 2. The predicted octanol–water partition coefficient (Wildman–Crippen LogP) is 2.72. The summed E-state index contributed by atoms with van der Waals surface area (Å²) in [6.07, 6.45) is 2.15. The van der Waals surface area contributed by atoms with Gasteiger partial charge in [-0.05, 0) is 49.6 Å². The van der Waals surface area contributed by atoms with Gasteiger partial charge in [0.25, 0.3) is 5.91 Å². The lowest BCUT2D eigenvalue weighted by atomic mass is 10.1. The summed E-state index contributed by atoms with van der Waals surface area (Å²) in [5.41, 5.74) is 2.67. The average Bonchev–Trinajstić information content (AvgIpc) is 3.49. The third kappa shape index (κ3) is 5.09.